The van der Waals surface area contributed by atoms with Crippen molar-refractivity contribution in [2.24, 2.45) is 0 Å². The quantitative estimate of drug-likeness (QED) is 0.667. The van der Waals surface area contributed by atoms with E-state index < -0.39 is 5.54 Å². The van der Waals surface area contributed by atoms with Crippen molar-refractivity contribution in [1.29, 1.82) is 0 Å². The van der Waals surface area contributed by atoms with E-state index in [1.165, 1.54) is 0 Å². The predicted octanol–water partition coefficient (Wildman–Crippen LogP) is 3.31. The Morgan fingerprint density at radius 2 is 1.81 bits per heavy atom. The van der Waals surface area contributed by atoms with Crippen LogP contribution in [-0.4, -0.2) is 11.1 Å². The topological polar surface area (TPSA) is 52.6 Å². The summed E-state index contributed by atoms with van der Waals surface area (Å²) in [7, 11) is 0. The van der Waals surface area contributed by atoms with E-state index in [9.17, 15) is 10.0 Å². The van der Waals surface area contributed by atoms with E-state index in [2.05, 4.69) is 11.9 Å². The number of nitrogens with zero attached hydrogens (tertiary/aromatic N) is 1. The highest BCUT2D eigenvalue weighted by atomic mass is 16.5. The van der Waals surface area contributed by atoms with Gasteiger partial charge in [0.05, 0.1) is 5.69 Å². The Morgan fingerprint density at radius 3 is 2.52 bits per heavy atom. The maximum atomic E-state index is 12.6. The first-order chi connectivity index (χ1) is 10.2. The summed E-state index contributed by atoms with van der Waals surface area (Å²) in [5.41, 5.74) is 0.853. The van der Waals surface area contributed by atoms with Gasteiger partial charge in [0.2, 0.25) is 0 Å². The van der Waals surface area contributed by atoms with Crippen molar-refractivity contribution in [3.63, 3.8) is 0 Å². The number of fused-ring (bicyclic) bond motifs is 1. The minimum absolute atomic E-state index is 0.255. The van der Waals surface area contributed by atoms with Gasteiger partial charge in [-0.2, -0.15) is 0 Å². The van der Waals surface area contributed by atoms with Crippen LogP contribution in [0.2, 0.25) is 0 Å². The zero-order valence-electron chi connectivity index (χ0n) is 11.5. The molecule has 0 spiro atoms. The molecule has 0 aliphatic carbocycles. The maximum Gasteiger partial charge on any atom is 0.257 e. The number of carbonyl (C=O) groups excluding carboxylic acids is 1. The van der Waals surface area contributed by atoms with Gasteiger partial charge in [-0.15, -0.1) is 6.58 Å². The molecule has 0 radical (unpaired) electrons. The van der Waals surface area contributed by atoms with Gasteiger partial charge < -0.3 is 5.32 Å². The van der Waals surface area contributed by atoms with Gasteiger partial charge in [0.25, 0.3) is 5.91 Å². The molecule has 0 fully saturated rings. The van der Waals surface area contributed by atoms with Crippen LogP contribution >= 0.6 is 0 Å². The van der Waals surface area contributed by atoms with Crippen LogP contribution in [0.1, 0.15) is 12.0 Å². The molecule has 1 atom stereocenters. The van der Waals surface area contributed by atoms with Crippen LogP contribution in [0.15, 0.2) is 67.3 Å². The molecule has 1 aliphatic heterocycles. The minimum atomic E-state index is -1.18. The molecule has 0 saturated carbocycles. The SMILES string of the molecule is C=CC[C@@]1(N(O)c2ccccc2)C(=O)Nc2ccccc21. The summed E-state index contributed by atoms with van der Waals surface area (Å²) in [6.07, 6.45) is 1.95. The summed E-state index contributed by atoms with van der Waals surface area (Å²) in [5.74, 6) is -0.255. The summed E-state index contributed by atoms with van der Waals surface area (Å²) in [6.45, 7) is 3.73. The van der Waals surface area contributed by atoms with Crippen molar-refractivity contribution in [3.05, 3.63) is 72.8 Å². The van der Waals surface area contributed by atoms with E-state index in [1.807, 2.05) is 42.5 Å². The fourth-order valence-electron chi connectivity index (χ4n) is 2.80. The second-order valence-electron chi connectivity index (χ2n) is 5.00. The highest BCUT2D eigenvalue weighted by Crippen LogP contribution is 2.44. The average Bonchev–Trinajstić information content (AvgIpc) is 2.81. The van der Waals surface area contributed by atoms with Gasteiger partial charge in [-0.25, -0.2) is 5.06 Å². The molecule has 21 heavy (non-hydrogen) atoms. The predicted molar refractivity (Wildman–Crippen MR) is 82.3 cm³/mol. The Labute approximate surface area is 123 Å². The maximum absolute atomic E-state index is 12.6. The summed E-state index contributed by atoms with van der Waals surface area (Å²) in [5, 5.41) is 14.6. The fourth-order valence-corrected chi connectivity index (χ4v) is 2.80. The van der Waals surface area contributed by atoms with E-state index in [4.69, 9.17) is 0 Å². The number of hydrogen-bond acceptors (Lipinski definition) is 3. The monoisotopic (exact) mass is 280 g/mol. The second kappa shape index (κ2) is 5.07. The van der Waals surface area contributed by atoms with Crippen LogP contribution in [0.4, 0.5) is 11.4 Å². The second-order valence-corrected chi connectivity index (χ2v) is 5.00. The van der Waals surface area contributed by atoms with E-state index >= 15 is 0 Å². The summed E-state index contributed by atoms with van der Waals surface area (Å²) in [4.78, 5) is 12.6. The van der Waals surface area contributed by atoms with Gasteiger partial charge in [0, 0.05) is 17.7 Å². The first-order valence-corrected chi connectivity index (χ1v) is 6.76. The minimum Gasteiger partial charge on any atom is -0.323 e. The summed E-state index contributed by atoms with van der Waals surface area (Å²) < 4.78 is 0. The van der Waals surface area contributed by atoms with Gasteiger partial charge >= 0.3 is 0 Å². The van der Waals surface area contributed by atoms with Crippen molar-refractivity contribution < 1.29 is 10.0 Å². The lowest BCUT2D eigenvalue weighted by Gasteiger charge is -2.35. The van der Waals surface area contributed by atoms with Crippen LogP contribution in [0.3, 0.4) is 0 Å². The molecule has 1 amide bonds. The molecule has 4 heteroatoms. The zero-order chi connectivity index (χ0) is 14.9. The molecule has 2 aromatic carbocycles. The number of carbonyl (C=O) groups is 1. The lowest BCUT2D eigenvalue weighted by Crippen LogP contribution is -2.49. The molecule has 0 aromatic heterocycles. The highest BCUT2D eigenvalue weighted by Gasteiger charge is 2.50. The lowest BCUT2D eigenvalue weighted by atomic mass is 9.87. The third-order valence-electron chi connectivity index (χ3n) is 3.80. The first kappa shape index (κ1) is 13.4. The van der Waals surface area contributed by atoms with Crippen molar-refractivity contribution in [1.82, 2.24) is 0 Å². The van der Waals surface area contributed by atoms with Gasteiger partial charge in [-0.3, -0.25) is 10.0 Å². The van der Waals surface area contributed by atoms with Crippen molar-refractivity contribution in [2.75, 3.05) is 10.4 Å². The fraction of sp³-hybridized carbons (Fsp3) is 0.118. The van der Waals surface area contributed by atoms with E-state index in [0.29, 0.717) is 12.1 Å². The molecule has 1 aliphatic rings. The normalized spacial score (nSPS) is 19.8. The van der Waals surface area contributed by atoms with Crippen molar-refractivity contribution in [3.8, 4) is 0 Å². The molecule has 0 bridgehead atoms. The highest BCUT2D eigenvalue weighted by molar-refractivity contribution is 6.07. The van der Waals surface area contributed by atoms with Crippen LogP contribution in [0, 0.1) is 0 Å². The number of nitrogens with one attached hydrogen (secondary N) is 1. The Hall–Kier alpha value is -2.59. The van der Waals surface area contributed by atoms with E-state index in [1.54, 1.807) is 18.2 Å². The van der Waals surface area contributed by atoms with Crippen LogP contribution in [-0.2, 0) is 10.3 Å². The smallest absolute Gasteiger partial charge is 0.257 e. The number of hydroxylamine groups is 1. The van der Waals surface area contributed by atoms with Crippen LogP contribution in [0.5, 0.6) is 0 Å². The molecule has 0 unspecified atom stereocenters. The number of anilines is 2. The molecule has 2 aromatic rings. The molecular weight excluding hydrogens is 264 g/mol. The number of para-hydroxylation sites is 2. The molecule has 1 heterocycles. The van der Waals surface area contributed by atoms with Gasteiger partial charge in [0.15, 0.2) is 5.54 Å². The third kappa shape index (κ3) is 1.92. The van der Waals surface area contributed by atoms with Crippen molar-refractivity contribution >= 4 is 17.3 Å². The number of amides is 1. The molecular formula is C17H16N2O2. The molecule has 0 saturated heterocycles. The standard InChI is InChI=1S/C17H16N2O2/c1-2-12-17(19(21)13-8-4-3-5-9-13)14-10-6-7-11-15(14)18-16(17)20/h2-11,21H,1,12H2,(H,18,20)/t17-/m0/s1. The largest absolute Gasteiger partial charge is 0.323 e. The molecule has 2 N–H and O–H groups in total. The van der Waals surface area contributed by atoms with Gasteiger partial charge in [0.1, 0.15) is 0 Å². The van der Waals surface area contributed by atoms with Gasteiger partial charge in [-0.1, -0.05) is 42.5 Å². The van der Waals surface area contributed by atoms with E-state index in [-0.39, 0.29) is 5.91 Å². The van der Waals surface area contributed by atoms with E-state index in [0.717, 1.165) is 16.3 Å². The number of hydrogen-bond donors (Lipinski definition) is 2. The molecule has 3 rings (SSSR count). The lowest BCUT2D eigenvalue weighted by molar-refractivity contribution is -0.123. The zero-order valence-corrected chi connectivity index (χ0v) is 11.5. The Bertz CT molecular complexity index is 684. The Balaban J connectivity index is 2.17. The average molecular weight is 280 g/mol. The Kier molecular flexibility index (Phi) is 3.23. The number of benzene rings is 2. The molecule has 4 nitrogen and oxygen atoms in total. The Morgan fingerprint density at radius 1 is 1.14 bits per heavy atom. The summed E-state index contributed by atoms with van der Waals surface area (Å²) >= 11 is 0. The van der Waals surface area contributed by atoms with Gasteiger partial charge in [-0.05, 0) is 18.2 Å². The third-order valence-corrected chi connectivity index (χ3v) is 3.80. The van der Waals surface area contributed by atoms with Crippen LogP contribution in [0.25, 0.3) is 0 Å². The van der Waals surface area contributed by atoms with Crippen LogP contribution < -0.4 is 10.4 Å². The first-order valence-electron chi connectivity index (χ1n) is 6.76. The molecule has 106 valence electrons. The number of rotatable bonds is 4. The van der Waals surface area contributed by atoms with Crippen molar-refractivity contribution in [2.45, 2.75) is 12.0 Å². The summed E-state index contributed by atoms with van der Waals surface area (Å²) in [6, 6.07) is 16.4.